The molecule has 1 aromatic carbocycles. The molecule has 0 heterocycles. The lowest BCUT2D eigenvalue weighted by atomic mass is 10.0. The smallest absolute Gasteiger partial charge is 0.335 e. The summed E-state index contributed by atoms with van der Waals surface area (Å²) >= 11 is 0. The number of carboxylic acids is 1. The minimum Gasteiger partial charge on any atom is -0.496 e. The predicted molar refractivity (Wildman–Crippen MR) is 54.6 cm³/mol. The molecular weight excluding hydrogens is 196 g/mol. The molecule has 1 N–H and O–H groups in total. The molecule has 1 aromatic rings. The largest absolute Gasteiger partial charge is 0.496 e. The highest BCUT2D eigenvalue weighted by molar-refractivity contribution is 6.01. The maximum Gasteiger partial charge on any atom is 0.335 e. The Morgan fingerprint density at radius 2 is 2.07 bits per heavy atom. The highest BCUT2D eigenvalue weighted by Gasteiger charge is 2.13. The molecule has 0 spiro atoms. The second kappa shape index (κ2) is 4.59. The van der Waals surface area contributed by atoms with Gasteiger partial charge in [-0.3, -0.25) is 4.79 Å². The van der Waals surface area contributed by atoms with Crippen molar-refractivity contribution in [3.63, 3.8) is 0 Å². The summed E-state index contributed by atoms with van der Waals surface area (Å²) in [4.78, 5) is 22.2. The maximum absolute atomic E-state index is 11.5. The second-order valence-electron chi connectivity index (χ2n) is 3.00. The zero-order valence-electron chi connectivity index (χ0n) is 8.61. The number of carbonyl (C=O) groups excluding carboxylic acids is 1. The van der Waals surface area contributed by atoms with Crippen LogP contribution in [-0.4, -0.2) is 24.0 Å². The zero-order valence-corrected chi connectivity index (χ0v) is 8.61. The molecule has 4 nitrogen and oxygen atoms in total. The van der Waals surface area contributed by atoms with Crippen LogP contribution < -0.4 is 4.74 Å². The van der Waals surface area contributed by atoms with Crippen molar-refractivity contribution in [1.29, 1.82) is 0 Å². The quantitative estimate of drug-likeness (QED) is 0.768. The van der Waals surface area contributed by atoms with Gasteiger partial charge in [-0.25, -0.2) is 4.79 Å². The number of hydrogen-bond donors (Lipinski definition) is 1. The van der Waals surface area contributed by atoms with Gasteiger partial charge in [0.05, 0.1) is 18.2 Å². The number of benzene rings is 1. The molecule has 80 valence electrons. The number of rotatable bonds is 4. The molecule has 0 bridgehead atoms. The van der Waals surface area contributed by atoms with Crippen molar-refractivity contribution in [3.8, 4) is 5.75 Å². The Kier molecular flexibility index (Phi) is 3.44. The van der Waals surface area contributed by atoms with Crippen molar-refractivity contribution in [2.75, 3.05) is 7.11 Å². The lowest BCUT2D eigenvalue weighted by molar-refractivity contribution is 0.0697. The topological polar surface area (TPSA) is 63.6 Å². The molecular formula is C11H12O4. The molecule has 0 amide bonds. The van der Waals surface area contributed by atoms with E-state index in [9.17, 15) is 9.59 Å². The first-order chi connectivity index (χ1) is 7.10. The number of Topliss-reactive ketones (excluding diaryl/α,β-unsaturated/α-hetero) is 1. The van der Waals surface area contributed by atoms with Gasteiger partial charge >= 0.3 is 5.97 Å². The van der Waals surface area contributed by atoms with E-state index < -0.39 is 5.97 Å². The summed E-state index contributed by atoms with van der Waals surface area (Å²) in [6, 6.07) is 4.24. The van der Waals surface area contributed by atoms with Crippen LogP contribution in [0, 0.1) is 0 Å². The number of methoxy groups -OCH3 is 1. The van der Waals surface area contributed by atoms with Crippen molar-refractivity contribution in [2.24, 2.45) is 0 Å². The monoisotopic (exact) mass is 208 g/mol. The average molecular weight is 208 g/mol. The predicted octanol–water partition coefficient (Wildman–Crippen LogP) is 1.99. The Balaban J connectivity index is 3.25. The Hall–Kier alpha value is -1.84. The number of carboxylic acid groups (broad SMARTS) is 1. The number of ether oxygens (including phenoxy) is 1. The Morgan fingerprint density at radius 3 is 2.53 bits per heavy atom. The molecule has 1 rings (SSSR count). The van der Waals surface area contributed by atoms with Gasteiger partial charge in [-0.2, -0.15) is 0 Å². The fourth-order valence-electron chi connectivity index (χ4n) is 1.25. The molecule has 0 aliphatic rings. The summed E-state index contributed by atoms with van der Waals surface area (Å²) in [5, 5.41) is 8.78. The van der Waals surface area contributed by atoms with Gasteiger partial charge in [0, 0.05) is 6.42 Å². The fourth-order valence-corrected chi connectivity index (χ4v) is 1.25. The SMILES string of the molecule is CCC(=O)c1cc(C(=O)O)ccc1OC. The molecule has 0 aromatic heterocycles. The third-order valence-corrected chi connectivity index (χ3v) is 2.07. The van der Waals surface area contributed by atoms with E-state index >= 15 is 0 Å². The minimum absolute atomic E-state index is 0.0904. The molecule has 0 aliphatic heterocycles. The molecule has 0 unspecified atom stereocenters. The molecule has 0 fully saturated rings. The van der Waals surface area contributed by atoms with E-state index in [2.05, 4.69) is 0 Å². The van der Waals surface area contributed by atoms with E-state index in [0.29, 0.717) is 17.7 Å². The van der Waals surface area contributed by atoms with Crippen molar-refractivity contribution >= 4 is 11.8 Å². The Bertz CT molecular complexity index is 396. The van der Waals surface area contributed by atoms with Crippen molar-refractivity contribution in [1.82, 2.24) is 0 Å². The molecule has 15 heavy (non-hydrogen) atoms. The molecule has 0 atom stereocenters. The van der Waals surface area contributed by atoms with Gasteiger partial charge in [-0.15, -0.1) is 0 Å². The first-order valence-electron chi connectivity index (χ1n) is 4.54. The summed E-state index contributed by atoms with van der Waals surface area (Å²) in [5.41, 5.74) is 0.410. The number of carbonyl (C=O) groups is 2. The van der Waals surface area contributed by atoms with Crippen LogP contribution in [0.5, 0.6) is 5.75 Å². The molecule has 0 saturated heterocycles. The number of ketones is 1. The lowest BCUT2D eigenvalue weighted by Gasteiger charge is -2.07. The van der Waals surface area contributed by atoms with Gasteiger partial charge < -0.3 is 9.84 Å². The Labute approximate surface area is 87.5 Å². The highest BCUT2D eigenvalue weighted by atomic mass is 16.5. The van der Waals surface area contributed by atoms with Crippen LogP contribution in [0.3, 0.4) is 0 Å². The maximum atomic E-state index is 11.5. The van der Waals surface area contributed by atoms with Crippen LogP contribution in [0.15, 0.2) is 18.2 Å². The molecule has 4 heteroatoms. The van der Waals surface area contributed by atoms with Gasteiger partial charge in [0.1, 0.15) is 5.75 Å². The van der Waals surface area contributed by atoms with Gasteiger partial charge in [0.25, 0.3) is 0 Å². The first kappa shape index (κ1) is 11.2. The van der Waals surface area contributed by atoms with Gasteiger partial charge in [0.2, 0.25) is 0 Å². The van der Waals surface area contributed by atoms with Crippen LogP contribution >= 0.6 is 0 Å². The van der Waals surface area contributed by atoms with E-state index in [1.54, 1.807) is 6.92 Å². The lowest BCUT2D eigenvalue weighted by Crippen LogP contribution is -2.04. The van der Waals surface area contributed by atoms with Crippen LogP contribution in [-0.2, 0) is 0 Å². The highest BCUT2D eigenvalue weighted by Crippen LogP contribution is 2.21. The van der Waals surface area contributed by atoms with E-state index in [1.807, 2.05) is 0 Å². The van der Waals surface area contributed by atoms with Crippen LogP contribution in [0.25, 0.3) is 0 Å². The van der Waals surface area contributed by atoms with Crippen molar-refractivity contribution in [2.45, 2.75) is 13.3 Å². The average Bonchev–Trinajstić information content (AvgIpc) is 2.27. The number of hydrogen-bond acceptors (Lipinski definition) is 3. The van der Waals surface area contributed by atoms with Crippen LogP contribution in [0.1, 0.15) is 34.1 Å². The second-order valence-corrected chi connectivity index (χ2v) is 3.00. The van der Waals surface area contributed by atoms with E-state index in [1.165, 1.54) is 25.3 Å². The van der Waals surface area contributed by atoms with Crippen molar-refractivity contribution in [3.05, 3.63) is 29.3 Å². The first-order valence-corrected chi connectivity index (χ1v) is 4.54. The third-order valence-electron chi connectivity index (χ3n) is 2.07. The van der Waals surface area contributed by atoms with E-state index in [4.69, 9.17) is 9.84 Å². The summed E-state index contributed by atoms with van der Waals surface area (Å²) in [5.74, 6) is -0.774. The fraction of sp³-hybridized carbons (Fsp3) is 0.273. The minimum atomic E-state index is -1.05. The normalized spacial score (nSPS) is 9.73. The molecule has 0 radical (unpaired) electrons. The Morgan fingerprint density at radius 1 is 1.40 bits per heavy atom. The third kappa shape index (κ3) is 2.34. The van der Waals surface area contributed by atoms with E-state index in [0.717, 1.165) is 0 Å². The van der Waals surface area contributed by atoms with Gasteiger partial charge in [-0.1, -0.05) is 6.92 Å². The van der Waals surface area contributed by atoms with Crippen LogP contribution in [0.4, 0.5) is 0 Å². The zero-order chi connectivity index (χ0) is 11.4. The van der Waals surface area contributed by atoms with E-state index in [-0.39, 0.29) is 11.3 Å². The molecule has 0 saturated carbocycles. The molecule has 0 aliphatic carbocycles. The summed E-state index contributed by atoms with van der Waals surface area (Å²) in [6.07, 6.45) is 0.319. The van der Waals surface area contributed by atoms with Gasteiger partial charge in [-0.05, 0) is 18.2 Å². The van der Waals surface area contributed by atoms with Gasteiger partial charge in [0.15, 0.2) is 5.78 Å². The number of aromatic carboxylic acids is 1. The summed E-state index contributed by atoms with van der Waals surface area (Å²) < 4.78 is 4.99. The van der Waals surface area contributed by atoms with Crippen molar-refractivity contribution < 1.29 is 19.4 Å². The summed E-state index contributed by atoms with van der Waals surface area (Å²) in [7, 11) is 1.45. The summed E-state index contributed by atoms with van der Waals surface area (Å²) in [6.45, 7) is 1.72. The van der Waals surface area contributed by atoms with Crippen LogP contribution in [0.2, 0.25) is 0 Å². The standard InChI is InChI=1S/C11H12O4/c1-3-9(12)8-6-7(11(13)14)4-5-10(8)15-2/h4-6H,3H2,1-2H3,(H,13,14).